The van der Waals surface area contributed by atoms with Gasteiger partial charge in [-0.05, 0) is 42.5 Å². The Labute approximate surface area is 177 Å². The van der Waals surface area contributed by atoms with Crippen LogP contribution in [0.15, 0.2) is 60.7 Å². The average Bonchev–Trinajstić information content (AvgIpc) is 2.72. The summed E-state index contributed by atoms with van der Waals surface area (Å²) in [7, 11) is 2.11. The molecule has 1 aliphatic heterocycles. The zero-order chi connectivity index (χ0) is 19.9. The predicted molar refractivity (Wildman–Crippen MR) is 120 cm³/mol. The minimum absolute atomic E-state index is 0. The van der Waals surface area contributed by atoms with Crippen molar-refractivity contribution >= 4 is 42.0 Å². The lowest BCUT2D eigenvalue weighted by atomic mass is 10.0. The Bertz CT molecular complexity index is 899. The molecule has 0 aromatic heterocycles. The molecular formula is C23H25ClN2O3. The van der Waals surface area contributed by atoms with Gasteiger partial charge >= 0.3 is 5.97 Å². The van der Waals surface area contributed by atoms with Crippen LogP contribution in [0.1, 0.15) is 21.5 Å². The van der Waals surface area contributed by atoms with E-state index >= 15 is 0 Å². The van der Waals surface area contributed by atoms with Gasteiger partial charge in [-0.1, -0.05) is 42.5 Å². The molecule has 1 N–H and O–H groups in total. The molecule has 1 fully saturated rings. The molecule has 0 atom stereocenters. The van der Waals surface area contributed by atoms with Gasteiger partial charge in [0.1, 0.15) is 0 Å². The smallest absolute Gasteiger partial charge is 0.328 e. The summed E-state index contributed by atoms with van der Waals surface area (Å²) >= 11 is 0. The van der Waals surface area contributed by atoms with Gasteiger partial charge in [0.15, 0.2) is 5.78 Å². The van der Waals surface area contributed by atoms with Crippen LogP contribution < -0.4 is 4.90 Å². The maximum atomic E-state index is 12.8. The van der Waals surface area contributed by atoms with Crippen molar-refractivity contribution in [2.75, 3.05) is 38.1 Å². The second kappa shape index (κ2) is 10.6. The molecule has 1 heterocycles. The number of carboxylic acid groups (broad SMARTS) is 1. The SMILES string of the molecule is CN1CCN(c2ccccc2C(=O)C=Cc2ccc(C=CC(=O)O)cc2)CC1.Cl. The Kier molecular flexibility index (Phi) is 8.19. The second-order valence-corrected chi connectivity index (χ2v) is 6.84. The Morgan fingerprint density at radius 3 is 2.00 bits per heavy atom. The van der Waals surface area contributed by atoms with Gasteiger partial charge in [0.2, 0.25) is 0 Å². The predicted octanol–water partition coefficient (Wildman–Crippen LogP) is 3.85. The van der Waals surface area contributed by atoms with Gasteiger partial charge in [-0.25, -0.2) is 4.79 Å². The highest BCUT2D eigenvalue weighted by Crippen LogP contribution is 2.23. The number of para-hydroxylation sites is 1. The summed E-state index contributed by atoms with van der Waals surface area (Å²) in [6, 6.07) is 15.1. The first kappa shape index (κ1) is 22.4. The van der Waals surface area contributed by atoms with Crippen LogP contribution >= 0.6 is 12.4 Å². The van der Waals surface area contributed by atoms with Crippen molar-refractivity contribution in [2.24, 2.45) is 0 Å². The molecule has 0 spiro atoms. The van der Waals surface area contributed by atoms with Crippen LogP contribution in [0.5, 0.6) is 0 Å². The van der Waals surface area contributed by atoms with Gasteiger partial charge in [0.05, 0.1) is 0 Å². The zero-order valence-corrected chi connectivity index (χ0v) is 17.1. The number of hydrogen-bond donors (Lipinski definition) is 1. The van der Waals surface area contributed by atoms with Crippen molar-refractivity contribution in [1.82, 2.24) is 4.90 Å². The highest BCUT2D eigenvalue weighted by molar-refractivity contribution is 6.10. The summed E-state index contributed by atoms with van der Waals surface area (Å²) in [5.41, 5.74) is 3.38. The number of halogens is 1. The van der Waals surface area contributed by atoms with Crippen molar-refractivity contribution in [3.8, 4) is 0 Å². The molecule has 1 saturated heterocycles. The fourth-order valence-corrected chi connectivity index (χ4v) is 3.15. The lowest BCUT2D eigenvalue weighted by molar-refractivity contribution is -0.131. The Hall–Kier alpha value is -2.89. The number of anilines is 1. The number of ketones is 1. The van der Waals surface area contributed by atoms with Gasteiger partial charge < -0.3 is 14.9 Å². The number of rotatable bonds is 6. The Morgan fingerprint density at radius 1 is 0.862 bits per heavy atom. The Balaban J connectivity index is 0.00000300. The maximum absolute atomic E-state index is 12.8. The third-order valence-corrected chi connectivity index (χ3v) is 4.80. The summed E-state index contributed by atoms with van der Waals surface area (Å²) in [6.45, 7) is 3.80. The minimum atomic E-state index is -0.978. The number of likely N-dealkylation sites (N-methyl/N-ethyl adjacent to an activating group) is 1. The first-order valence-corrected chi connectivity index (χ1v) is 9.29. The molecule has 0 amide bonds. The fraction of sp³-hybridized carbons (Fsp3) is 0.217. The van der Waals surface area contributed by atoms with Gasteiger partial charge in [0.25, 0.3) is 0 Å². The van der Waals surface area contributed by atoms with Crippen molar-refractivity contribution in [1.29, 1.82) is 0 Å². The van der Waals surface area contributed by atoms with Crippen molar-refractivity contribution < 1.29 is 14.7 Å². The number of carbonyl (C=O) groups excluding carboxylic acids is 1. The van der Waals surface area contributed by atoms with E-state index in [2.05, 4.69) is 16.8 Å². The van der Waals surface area contributed by atoms with Gasteiger partial charge in [-0.15, -0.1) is 12.4 Å². The van der Waals surface area contributed by atoms with E-state index in [-0.39, 0.29) is 18.2 Å². The van der Waals surface area contributed by atoms with E-state index in [4.69, 9.17) is 5.11 Å². The lowest BCUT2D eigenvalue weighted by Crippen LogP contribution is -2.44. The number of carboxylic acids is 1. The average molecular weight is 413 g/mol. The van der Waals surface area contributed by atoms with Crippen molar-refractivity contribution in [3.05, 3.63) is 77.4 Å². The zero-order valence-electron chi connectivity index (χ0n) is 16.3. The van der Waals surface area contributed by atoms with Gasteiger partial charge in [0, 0.05) is 43.5 Å². The Morgan fingerprint density at radius 2 is 1.41 bits per heavy atom. The fourth-order valence-electron chi connectivity index (χ4n) is 3.15. The summed E-state index contributed by atoms with van der Waals surface area (Å²) in [6.07, 6.45) is 6.02. The van der Waals surface area contributed by atoms with Crippen LogP contribution in [0.2, 0.25) is 0 Å². The third-order valence-electron chi connectivity index (χ3n) is 4.80. The molecule has 152 valence electrons. The van der Waals surface area contributed by atoms with Crippen LogP contribution in [-0.2, 0) is 4.79 Å². The molecule has 0 aliphatic carbocycles. The third kappa shape index (κ3) is 6.31. The topological polar surface area (TPSA) is 60.9 Å². The van der Waals surface area contributed by atoms with Crippen LogP contribution in [0.3, 0.4) is 0 Å². The van der Waals surface area contributed by atoms with E-state index < -0.39 is 5.97 Å². The quantitative estimate of drug-likeness (QED) is 0.576. The van der Waals surface area contributed by atoms with E-state index in [1.165, 1.54) is 6.08 Å². The molecular weight excluding hydrogens is 388 g/mol. The molecule has 1 aliphatic rings. The summed E-state index contributed by atoms with van der Waals surface area (Å²) < 4.78 is 0. The molecule has 6 heteroatoms. The molecule has 0 saturated carbocycles. The number of nitrogens with zero attached hydrogens (tertiary/aromatic N) is 2. The first-order valence-electron chi connectivity index (χ1n) is 9.29. The molecule has 5 nitrogen and oxygen atoms in total. The van der Waals surface area contributed by atoms with Gasteiger partial charge in [-0.2, -0.15) is 0 Å². The standard InChI is InChI=1S/C23H24N2O3.ClH/c1-24-14-16-25(17-15-24)21-5-3-2-4-20(21)22(26)12-10-18-6-8-19(9-7-18)11-13-23(27)28;/h2-13H,14-17H2,1H3,(H,27,28);1H. The number of piperazine rings is 1. The van der Waals surface area contributed by atoms with E-state index in [1.807, 2.05) is 48.5 Å². The lowest BCUT2D eigenvalue weighted by Gasteiger charge is -2.34. The van der Waals surface area contributed by atoms with E-state index in [9.17, 15) is 9.59 Å². The molecule has 3 rings (SSSR count). The maximum Gasteiger partial charge on any atom is 0.328 e. The van der Waals surface area contributed by atoms with Crippen LogP contribution in [-0.4, -0.2) is 55.0 Å². The number of aliphatic carboxylic acids is 1. The molecule has 0 bridgehead atoms. The molecule has 2 aromatic carbocycles. The van der Waals surface area contributed by atoms with E-state index in [0.29, 0.717) is 5.56 Å². The highest BCUT2D eigenvalue weighted by atomic mass is 35.5. The summed E-state index contributed by atoms with van der Waals surface area (Å²) in [5, 5.41) is 8.67. The van der Waals surface area contributed by atoms with E-state index in [0.717, 1.165) is 49.1 Å². The first-order chi connectivity index (χ1) is 13.5. The second-order valence-electron chi connectivity index (χ2n) is 6.84. The number of hydrogen-bond acceptors (Lipinski definition) is 4. The normalized spacial score (nSPS) is 14.9. The van der Waals surface area contributed by atoms with E-state index in [1.54, 1.807) is 12.2 Å². The molecule has 0 unspecified atom stereocenters. The van der Waals surface area contributed by atoms with Crippen LogP contribution in [0.4, 0.5) is 5.69 Å². The number of benzene rings is 2. The van der Waals surface area contributed by atoms with Crippen molar-refractivity contribution in [3.63, 3.8) is 0 Å². The van der Waals surface area contributed by atoms with Gasteiger partial charge in [-0.3, -0.25) is 4.79 Å². The summed E-state index contributed by atoms with van der Waals surface area (Å²) in [4.78, 5) is 27.9. The van der Waals surface area contributed by atoms with Crippen LogP contribution in [0, 0.1) is 0 Å². The molecule has 2 aromatic rings. The number of carbonyl (C=O) groups is 2. The summed E-state index contributed by atoms with van der Waals surface area (Å²) in [5.74, 6) is -1.00. The van der Waals surface area contributed by atoms with Crippen LogP contribution in [0.25, 0.3) is 12.2 Å². The molecule has 29 heavy (non-hydrogen) atoms. The minimum Gasteiger partial charge on any atom is -0.478 e. The largest absolute Gasteiger partial charge is 0.478 e. The number of allylic oxidation sites excluding steroid dienone is 1. The highest BCUT2D eigenvalue weighted by Gasteiger charge is 2.18. The molecule has 0 radical (unpaired) electrons. The van der Waals surface area contributed by atoms with Crippen molar-refractivity contribution in [2.45, 2.75) is 0 Å². The monoisotopic (exact) mass is 412 g/mol.